The summed E-state index contributed by atoms with van der Waals surface area (Å²) in [7, 11) is 0.134. The summed E-state index contributed by atoms with van der Waals surface area (Å²) in [5, 5.41) is 3.16. The molecule has 6 nitrogen and oxygen atoms in total. The molecular weight excluding hydrogens is 290 g/mol. The molecule has 0 saturated carbocycles. The van der Waals surface area contributed by atoms with Gasteiger partial charge in [0.25, 0.3) is 10.2 Å². The van der Waals surface area contributed by atoms with Gasteiger partial charge < -0.3 is 9.73 Å². The van der Waals surface area contributed by atoms with Gasteiger partial charge in [-0.1, -0.05) is 0 Å². The molecule has 0 unspecified atom stereocenters. The number of aryl methyl sites for hydroxylation is 1. The van der Waals surface area contributed by atoms with E-state index in [4.69, 9.17) is 4.42 Å². The zero-order valence-corrected chi connectivity index (χ0v) is 13.8. The van der Waals surface area contributed by atoms with Gasteiger partial charge in [-0.2, -0.15) is 17.0 Å². The molecule has 0 amide bonds. The average Bonchev–Trinajstić information content (AvgIpc) is 2.85. The summed E-state index contributed by atoms with van der Waals surface area (Å²) in [6.07, 6.45) is 1.82. The highest BCUT2D eigenvalue weighted by atomic mass is 32.2. The number of hydrogen-bond acceptors (Lipinski definition) is 4. The standard InChI is InChI=1S/C14H25N3O3S/c1-12-4-5-14(20-12)11-16(3)21(18,19)17-8-6-13(7-9-17)10-15-2/h4-5,13,15H,6-11H2,1-3H3. The van der Waals surface area contributed by atoms with Gasteiger partial charge in [0.05, 0.1) is 6.54 Å². The van der Waals surface area contributed by atoms with Crippen molar-refractivity contribution >= 4 is 10.2 Å². The molecule has 0 bridgehead atoms. The maximum atomic E-state index is 12.6. The molecule has 1 aliphatic rings. The van der Waals surface area contributed by atoms with Gasteiger partial charge in [-0.25, -0.2) is 0 Å². The zero-order chi connectivity index (χ0) is 15.5. The van der Waals surface area contributed by atoms with E-state index in [0.717, 1.165) is 25.1 Å². The highest BCUT2D eigenvalue weighted by molar-refractivity contribution is 7.86. The summed E-state index contributed by atoms with van der Waals surface area (Å²) in [4.78, 5) is 0. The number of piperidine rings is 1. The normalized spacial score (nSPS) is 18.5. The van der Waals surface area contributed by atoms with Crippen molar-refractivity contribution < 1.29 is 12.8 Å². The van der Waals surface area contributed by atoms with Crippen LogP contribution in [0.1, 0.15) is 24.4 Å². The fourth-order valence-corrected chi connectivity index (χ4v) is 4.06. The number of nitrogens with zero attached hydrogens (tertiary/aromatic N) is 2. The summed E-state index contributed by atoms with van der Waals surface area (Å²) >= 11 is 0. The summed E-state index contributed by atoms with van der Waals surface area (Å²) in [5.74, 6) is 2.03. The van der Waals surface area contributed by atoms with Crippen LogP contribution >= 0.6 is 0 Å². The van der Waals surface area contributed by atoms with E-state index >= 15 is 0 Å². The molecule has 1 saturated heterocycles. The second kappa shape index (κ2) is 6.91. The minimum absolute atomic E-state index is 0.270. The largest absolute Gasteiger partial charge is 0.465 e. The topological polar surface area (TPSA) is 65.8 Å². The summed E-state index contributed by atoms with van der Waals surface area (Å²) in [5.41, 5.74) is 0. The third kappa shape index (κ3) is 4.06. The predicted molar refractivity (Wildman–Crippen MR) is 82.1 cm³/mol. The fraction of sp³-hybridized carbons (Fsp3) is 0.714. The molecule has 120 valence electrons. The molecule has 21 heavy (non-hydrogen) atoms. The van der Waals surface area contributed by atoms with Crippen LogP contribution in [0.15, 0.2) is 16.5 Å². The van der Waals surface area contributed by atoms with Gasteiger partial charge in [0.1, 0.15) is 11.5 Å². The number of hydrogen-bond donors (Lipinski definition) is 1. The fourth-order valence-electron chi connectivity index (χ4n) is 2.70. The number of furan rings is 1. The minimum Gasteiger partial charge on any atom is -0.465 e. The Bertz CT molecular complexity index is 548. The molecule has 2 heterocycles. The number of nitrogens with one attached hydrogen (secondary N) is 1. The maximum Gasteiger partial charge on any atom is 0.282 e. The number of rotatable bonds is 6. The lowest BCUT2D eigenvalue weighted by Gasteiger charge is -2.33. The summed E-state index contributed by atoms with van der Waals surface area (Å²) in [6.45, 7) is 4.26. The molecule has 0 spiro atoms. The Balaban J connectivity index is 1.95. The molecule has 0 aliphatic carbocycles. The second-order valence-electron chi connectivity index (χ2n) is 5.68. The lowest BCUT2D eigenvalue weighted by atomic mass is 9.98. The van der Waals surface area contributed by atoms with Crippen molar-refractivity contribution in [2.75, 3.05) is 33.7 Å². The van der Waals surface area contributed by atoms with Crippen molar-refractivity contribution in [2.45, 2.75) is 26.3 Å². The Kier molecular flexibility index (Phi) is 5.43. The van der Waals surface area contributed by atoms with E-state index in [-0.39, 0.29) is 6.54 Å². The van der Waals surface area contributed by atoms with Gasteiger partial charge in [0, 0.05) is 20.1 Å². The Labute approximate surface area is 127 Å². The molecule has 1 aromatic rings. The zero-order valence-electron chi connectivity index (χ0n) is 13.0. The molecule has 0 radical (unpaired) electrons. The Hall–Kier alpha value is -0.890. The van der Waals surface area contributed by atoms with E-state index in [1.807, 2.05) is 26.1 Å². The quantitative estimate of drug-likeness (QED) is 0.856. The molecule has 7 heteroatoms. The van der Waals surface area contributed by atoms with Crippen LogP contribution in [0.2, 0.25) is 0 Å². The van der Waals surface area contributed by atoms with Crippen LogP contribution in [0, 0.1) is 12.8 Å². The third-order valence-electron chi connectivity index (χ3n) is 3.96. The van der Waals surface area contributed by atoms with Crippen molar-refractivity contribution in [1.29, 1.82) is 0 Å². The lowest BCUT2D eigenvalue weighted by Crippen LogP contribution is -2.46. The minimum atomic E-state index is -3.40. The van der Waals surface area contributed by atoms with Crippen LogP contribution in [0.25, 0.3) is 0 Å². The van der Waals surface area contributed by atoms with E-state index in [9.17, 15) is 8.42 Å². The van der Waals surface area contributed by atoms with Crippen LogP contribution < -0.4 is 5.32 Å². The van der Waals surface area contributed by atoms with Crippen LogP contribution in [0.4, 0.5) is 0 Å². The monoisotopic (exact) mass is 315 g/mol. The molecule has 1 N–H and O–H groups in total. The van der Waals surface area contributed by atoms with Gasteiger partial charge in [-0.05, 0) is 51.4 Å². The summed E-state index contributed by atoms with van der Waals surface area (Å²) in [6, 6.07) is 3.67. The van der Waals surface area contributed by atoms with Gasteiger partial charge in [0.15, 0.2) is 0 Å². The highest BCUT2D eigenvalue weighted by Gasteiger charge is 2.31. The van der Waals surface area contributed by atoms with Crippen molar-refractivity contribution in [3.63, 3.8) is 0 Å². The Morgan fingerprint density at radius 1 is 1.38 bits per heavy atom. The molecule has 1 aliphatic heterocycles. The van der Waals surface area contributed by atoms with E-state index in [1.54, 1.807) is 11.4 Å². The average molecular weight is 315 g/mol. The molecular formula is C14H25N3O3S. The van der Waals surface area contributed by atoms with E-state index < -0.39 is 10.2 Å². The van der Waals surface area contributed by atoms with Gasteiger partial charge in [0.2, 0.25) is 0 Å². The van der Waals surface area contributed by atoms with Crippen LogP contribution in [0.5, 0.6) is 0 Å². The Morgan fingerprint density at radius 3 is 2.57 bits per heavy atom. The van der Waals surface area contributed by atoms with E-state index in [0.29, 0.717) is 24.8 Å². The SMILES string of the molecule is CNCC1CCN(S(=O)(=O)N(C)Cc2ccc(C)o2)CC1. The highest BCUT2D eigenvalue weighted by Crippen LogP contribution is 2.21. The van der Waals surface area contributed by atoms with Crippen LogP contribution in [-0.4, -0.2) is 50.8 Å². The first kappa shape index (κ1) is 16.5. The predicted octanol–water partition coefficient (Wildman–Crippen LogP) is 1.20. The molecule has 0 atom stereocenters. The van der Waals surface area contributed by atoms with Gasteiger partial charge in [-0.3, -0.25) is 0 Å². The van der Waals surface area contributed by atoms with Gasteiger partial charge in [-0.15, -0.1) is 0 Å². The first-order chi connectivity index (χ1) is 9.93. The van der Waals surface area contributed by atoms with Crippen molar-refractivity contribution in [3.05, 3.63) is 23.7 Å². The van der Waals surface area contributed by atoms with E-state index in [2.05, 4.69) is 5.32 Å². The maximum absolute atomic E-state index is 12.6. The van der Waals surface area contributed by atoms with Crippen molar-refractivity contribution in [3.8, 4) is 0 Å². The first-order valence-electron chi connectivity index (χ1n) is 7.35. The summed E-state index contributed by atoms with van der Waals surface area (Å²) < 4.78 is 33.5. The second-order valence-corrected chi connectivity index (χ2v) is 7.71. The van der Waals surface area contributed by atoms with Crippen molar-refractivity contribution in [2.24, 2.45) is 5.92 Å². The first-order valence-corrected chi connectivity index (χ1v) is 8.74. The smallest absolute Gasteiger partial charge is 0.282 e. The molecule has 2 rings (SSSR count). The van der Waals surface area contributed by atoms with Crippen LogP contribution in [-0.2, 0) is 16.8 Å². The van der Waals surface area contributed by atoms with Gasteiger partial charge >= 0.3 is 0 Å². The van der Waals surface area contributed by atoms with E-state index in [1.165, 1.54) is 4.31 Å². The third-order valence-corrected chi connectivity index (χ3v) is 5.90. The molecule has 1 aromatic heterocycles. The molecule has 0 aromatic carbocycles. The molecule has 1 fully saturated rings. The Morgan fingerprint density at radius 2 is 2.05 bits per heavy atom. The van der Waals surface area contributed by atoms with Crippen molar-refractivity contribution in [1.82, 2.24) is 13.9 Å². The lowest BCUT2D eigenvalue weighted by molar-refractivity contribution is 0.253. The van der Waals surface area contributed by atoms with Crippen LogP contribution in [0.3, 0.4) is 0 Å².